The second kappa shape index (κ2) is 7.66. The number of carbonyl (C=O) groups excluding carboxylic acids is 2. The first-order valence-electron chi connectivity index (χ1n) is 10.1. The van der Waals surface area contributed by atoms with Gasteiger partial charge >= 0.3 is 0 Å². The van der Waals surface area contributed by atoms with Gasteiger partial charge in [-0.05, 0) is 49.9 Å². The van der Waals surface area contributed by atoms with Crippen molar-refractivity contribution >= 4 is 21.8 Å². The van der Waals surface area contributed by atoms with Gasteiger partial charge in [-0.2, -0.15) is 4.31 Å². The number of hydrogen-bond acceptors (Lipinski definition) is 5. The molecule has 0 N–H and O–H groups in total. The SMILES string of the molecule is Cc1ccc(S(=O)(=O)N2CCN(CN3C(=O)[C@H]4CC=CC[C@H]4C3=O)CC2)cc1C. The van der Waals surface area contributed by atoms with Crippen LogP contribution in [0.1, 0.15) is 24.0 Å². The lowest BCUT2D eigenvalue weighted by Gasteiger charge is -2.35. The monoisotopic (exact) mass is 417 g/mol. The molecule has 29 heavy (non-hydrogen) atoms. The van der Waals surface area contributed by atoms with Crippen molar-refractivity contribution in [3.05, 3.63) is 41.5 Å². The van der Waals surface area contributed by atoms with E-state index in [-0.39, 0.29) is 30.3 Å². The Morgan fingerprint density at radius 3 is 2.03 bits per heavy atom. The van der Waals surface area contributed by atoms with Crippen LogP contribution in [-0.2, 0) is 19.6 Å². The molecule has 2 fully saturated rings. The molecule has 1 aromatic carbocycles. The van der Waals surface area contributed by atoms with E-state index < -0.39 is 10.0 Å². The van der Waals surface area contributed by atoms with Crippen molar-refractivity contribution in [1.29, 1.82) is 0 Å². The van der Waals surface area contributed by atoms with Crippen molar-refractivity contribution in [3.63, 3.8) is 0 Å². The number of nitrogens with zero attached hydrogens (tertiary/aromatic N) is 3. The van der Waals surface area contributed by atoms with Crippen molar-refractivity contribution in [3.8, 4) is 0 Å². The number of hydrogen-bond donors (Lipinski definition) is 0. The summed E-state index contributed by atoms with van der Waals surface area (Å²) in [6.07, 6.45) is 5.22. The highest BCUT2D eigenvalue weighted by atomic mass is 32.2. The van der Waals surface area contributed by atoms with Gasteiger partial charge in [-0.1, -0.05) is 18.2 Å². The lowest BCUT2D eigenvalue weighted by molar-refractivity contribution is -0.142. The van der Waals surface area contributed by atoms with Crippen LogP contribution in [-0.4, -0.2) is 67.2 Å². The van der Waals surface area contributed by atoms with E-state index in [9.17, 15) is 18.0 Å². The van der Waals surface area contributed by atoms with E-state index in [0.717, 1.165) is 11.1 Å². The molecule has 2 amide bonds. The zero-order valence-corrected chi connectivity index (χ0v) is 17.7. The summed E-state index contributed by atoms with van der Waals surface area (Å²) in [6.45, 7) is 5.80. The first-order valence-corrected chi connectivity index (χ1v) is 11.5. The van der Waals surface area contributed by atoms with Crippen LogP contribution in [0.15, 0.2) is 35.2 Å². The standard InChI is InChI=1S/C21H27N3O4S/c1-15-7-8-17(13-16(15)2)29(27,28)23-11-9-22(10-12-23)14-24-20(25)18-5-3-4-6-19(18)21(24)26/h3-4,7-8,13,18-19H,5-6,9-12,14H2,1-2H3/t18-,19+. The van der Waals surface area contributed by atoms with Crippen LogP contribution < -0.4 is 0 Å². The molecule has 0 unspecified atom stereocenters. The molecule has 0 bridgehead atoms. The van der Waals surface area contributed by atoms with Gasteiger partial charge in [0.05, 0.1) is 23.4 Å². The molecule has 2 aliphatic heterocycles. The zero-order valence-electron chi connectivity index (χ0n) is 16.9. The fourth-order valence-corrected chi connectivity index (χ4v) is 5.85. The number of benzene rings is 1. The summed E-state index contributed by atoms with van der Waals surface area (Å²) in [5.74, 6) is -0.623. The third kappa shape index (κ3) is 3.65. The molecule has 3 aliphatic rings. The topological polar surface area (TPSA) is 78.0 Å². The van der Waals surface area contributed by atoms with Gasteiger partial charge in [0.2, 0.25) is 21.8 Å². The fourth-order valence-electron chi connectivity index (χ4n) is 4.34. The molecule has 0 aromatic heterocycles. The fraction of sp³-hybridized carbons (Fsp3) is 0.524. The zero-order chi connectivity index (χ0) is 20.8. The van der Waals surface area contributed by atoms with E-state index in [2.05, 4.69) is 0 Å². The van der Waals surface area contributed by atoms with Crippen LogP contribution in [0, 0.1) is 25.7 Å². The number of likely N-dealkylation sites (tertiary alicyclic amines) is 1. The van der Waals surface area contributed by atoms with Crippen molar-refractivity contribution in [1.82, 2.24) is 14.1 Å². The van der Waals surface area contributed by atoms with Crippen molar-refractivity contribution in [2.24, 2.45) is 11.8 Å². The number of imide groups is 1. The molecule has 4 rings (SSSR count). The Kier molecular flexibility index (Phi) is 5.35. The van der Waals surface area contributed by atoms with E-state index in [1.54, 1.807) is 12.1 Å². The van der Waals surface area contributed by atoms with Gasteiger partial charge in [0.25, 0.3) is 0 Å². The average molecular weight is 418 g/mol. The van der Waals surface area contributed by atoms with Crippen molar-refractivity contribution in [2.75, 3.05) is 32.8 Å². The minimum atomic E-state index is -3.54. The van der Waals surface area contributed by atoms with E-state index in [1.807, 2.05) is 37.0 Å². The summed E-state index contributed by atoms with van der Waals surface area (Å²) in [7, 11) is -3.54. The Bertz CT molecular complexity index is 938. The molecular formula is C21H27N3O4S. The number of aryl methyl sites for hydroxylation is 2. The Balaban J connectivity index is 1.39. The Labute approximate surface area is 172 Å². The molecule has 2 atom stereocenters. The van der Waals surface area contributed by atoms with Gasteiger partial charge in [0.15, 0.2) is 0 Å². The van der Waals surface area contributed by atoms with Crippen molar-refractivity contribution in [2.45, 2.75) is 31.6 Å². The number of carbonyl (C=O) groups is 2. The summed E-state index contributed by atoms with van der Waals surface area (Å²) in [6, 6.07) is 5.20. The van der Waals surface area contributed by atoms with Gasteiger partial charge in [0.1, 0.15) is 0 Å². The normalized spacial score (nSPS) is 26.2. The maximum Gasteiger partial charge on any atom is 0.243 e. The lowest BCUT2D eigenvalue weighted by atomic mass is 9.85. The predicted octanol–water partition coefficient (Wildman–Crippen LogP) is 1.52. The number of fused-ring (bicyclic) bond motifs is 1. The van der Waals surface area contributed by atoms with Gasteiger partial charge in [-0.15, -0.1) is 0 Å². The number of rotatable bonds is 4. The third-order valence-corrected chi connectivity index (χ3v) is 8.28. The van der Waals surface area contributed by atoms with E-state index >= 15 is 0 Å². The quantitative estimate of drug-likeness (QED) is 0.548. The van der Waals surface area contributed by atoms with Crippen LogP contribution in [0.2, 0.25) is 0 Å². The molecule has 0 spiro atoms. The Morgan fingerprint density at radius 1 is 0.897 bits per heavy atom. The molecule has 1 aromatic rings. The third-order valence-electron chi connectivity index (χ3n) is 6.39. The first-order chi connectivity index (χ1) is 13.8. The summed E-state index contributed by atoms with van der Waals surface area (Å²) >= 11 is 0. The van der Waals surface area contributed by atoms with Crippen LogP contribution in [0.5, 0.6) is 0 Å². The average Bonchev–Trinajstić information content (AvgIpc) is 2.95. The highest BCUT2D eigenvalue weighted by Crippen LogP contribution is 2.35. The smallest absolute Gasteiger partial charge is 0.243 e. The Hall–Kier alpha value is -2.03. The molecule has 2 heterocycles. The second-order valence-corrected chi connectivity index (χ2v) is 10.1. The molecule has 0 saturated carbocycles. The van der Waals surface area contributed by atoms with Crippen LogP contribution >= 0.6 is 0 Å². The van der Waals surface area contributed by atoms with Crippen molar-refractivity contribution < 1.29 is 18.0 Å². The Morgan fingerprint density at radius 2 is 1.48 bits per heavy atom. The lowest BCUT2D eigenvalue weighted by Crippen LogP contribution is -2.52. The molecular weight excluding hydrogens is 390 g/mol. The van der Waals surface area contributed by atoms with E-state index in [1.165, 1.54) is 9.21 Å². The largest absolute Gasteiger partial charge is 0.283 e. The second-order valence-electron chi connectivity index (χ2n) is 8.17. The first kappa shape index (κ1) is 20.3. The molecule has 2 saturated heterocycles. The maximum atomic E-state index is 13.0. The van der Waals surface area contributed by atoms with Gasteiger partial charge in [0, 0.05) is 26.2 Å². The van der Waals surface area contributed by atoms with E-state index in [4.69, 9.17) is 0 Å². The number of sulfonamides is 1. The maximum absolute atomic E-state index is 13.0. The molecule has 7 nitrogen and oxygen atoms in total. The number of piperazine rings is 1. The summed E-state index contributed by atoms with van der Waals surface area (Å²) in [4.78, 5) is 28.9. The van der Waals surface area contributed by atoms with Crippen LogP contribution in [0.4, 0.5) is 0 Å². The van der Waals surface area contributed by atoms with E-state index in [0.29, 0.717) is 43.9 Å². The molecule has 0 radical (unpaired) electrons. The molecule has 156 valence electrons. The minimum absolute atomic E-state index is 0.0884. The summed E-state index contributed by atoms with van der Waals surface area (Å²) in [5, 5.41) is 0. The number of amides is 2. The van der Waals surface area contributed by atoms with Gasteiger partial charge in [-0.3, -0.25) is 19.4 Å². The minimum Gasteiger partial charge on any atom is -0.283 e. The van der Waals surface area contributed by atoms with Crippen LogP contribution in [0.3, 0.4) is 0 Å². The summed E-state index contributed by atoms with van der Waals surface area (Å²) in [5.41, 5.74) is 2.01. The number of allylic oxidation sites excluding steroid dienone is 2. The van der Waals surface area contributed by atoms with Crippen LogP contribution in [0.25, 0.3) is 0 Å². The van der Waals surface area contributed by atoms with Gasteiger partial charge in [-0.25, -0.2) is 8.42 Å². The summed E-state index contributed by atoms with van der Waals surface area (Å²) < 4.78 is 27.4. The van der Waals surface area contributed by atoms with Gasteiger partial charge < -0.3 is 0 Å². The molecule has 1 aliphatic carbocycles. The highest BCUT2D eigenvalue weighted by molar-refractivity contribution is 7.89. The highest BCUT2D eigenvalue weighted by Gasteiger charge is 2.47. The molecule has 8 heteroatoms. The predicted molar refractivity (Wildman–Crippen MR) is 108 cm³/mol.